The zero-order valence-corrected chi connectivity index (χ0v) is 12.8. The number of rotatable bonds is 5. The van der Waals surface area contributed by atoms with Crippen molar-refractivity contribution in [2.45, 2.75) is 12.3 Å². The third-order valence-electron chi connectivity index (χ3n) is 3.40. The van der Waals surface area contributed by atoms with Crippen molar-refractivity contribution in [1.82, 2.24) is 0 Å². The average Bonchev–Trinajstić information content (AvgIpc) is 2.58. The Hall–Kier alpha value is -2.54. The highest BCUT2D eigenvalue weighted by Crippen LogP contribution is 2.30. The number of aliphatic hydroxyl groups is 1. The maximum Gasteiger partial charge on any atom is 0.416 e. The zero-order valence-electron chi connectivity index (χ0n) is 12.8. The number of halogens is 3. The molecule has 0 heterocycles. The lowest BCUT2D eigenvalue weighted by molar-refractivity contribution is -0.137. The summed E-state index contributed by atoms with van der Waals surface area (Å²) in [5.74, 6) is -0.467. The first kappa shape index (κ1) is 17.8. The molecule has 0 spiro atoms. The van der Waals surface area contributed by atoms with E-state index in [9.17, 15) is 23.1 Å². The maximum absolute atomic E-state index is 12.7. The monoisotopic (exact) mass is 339 g/mol. The normalized spacial score (nSPS) is 12.5. The molecule has 1 atom stereocenters. The molecule has 1 unspecified atom stereocenters. The van der Waals surface area contributed by atoms with Crippen molar-refractivity contribution in [3.05, 3.63) is 65.2 Å². The van der Waals surface area contributed by atoms with Gasteiger partial charge in [-0.15, -0.1) is 0 Å². The Balaban J connectivity index is 2.00. The van der Waals surface area contributed by atoms with E-state index in [4.69, 9.17) is 0 Å². The lowest BCUT2D eigenvalue weighted by atomic mass is 10.1. The van der Waals surface area contributed by atoms with Gasteiger partial charge in [0.1, 0.15) is 0 Å². The van der Waals surface area contributed by atoms with Crippen molar-refractivity contribution in [2.75, 3.05) is 19.0 Å². The van der Waals surface area contributed by atoms with E-state index in [2.05, 4.69) is 10.1 Å². The van der Waals surface area contributed by atoms with Gasteiger partial charge in [-0.05, 0) is 42.0 Å². The van der Waals surface area contributed by atoms with Crippen molar-refractivity contribution in [3.63, 3.8) is 0 Å². The number of benzene rings is 2. The molecular formula is C17H16F3NO3. The minimum atomic E-state index is -4.45. The summed E-state index contributed by atoms with van der Waals surface area (Å²) in [7, 11) is 1.28. The van der Waals surface area contributed by atoms with Crippen molar-refractivity contribution in [3.8, 4) is 0 Å². The Bertz CT molecular complexity index is 699. The highest BCUT2D eigenvalue weighted by molar-refractivity contribution is 5.89. The number of ether oxygens (including phenoxy) is 1. The first-order chi connectivity index (χ1) is 11.3. The third-order valence-corrected chi connectivity index (χ3v) is 3.40. The van der Waals surface area contributed by atoms with Crippen LogP contribution in [0.4, 0.5) is 18.9 Å². The number of carbonyl (C=O) groups is 1. The molecular weight excluding hydrogens is 323 g/mol. The van der Waals surface area contributed by atoms with Crippen LogP contribution in [0.5, 0.6) is 0 Å². The summed E-state index contributed by atoms with van der Waals surface area (Å²) in [6.07, 6.45) is -5.56. The molecule has 2 N–H and O–H groups in total. The number of alkyl halides is 3. The molecule has 0 radical (unpaired) electrons. The molecule has 2 aromatic rings. The first-order valence-electron chi connectivity index (χ1n) is 7.08. The smallest absolute Gasteiger partial charge is 0.416 e. The van der Waals surface area contributed by atoms with Gasteiger partial charge in [0.25, 0.3) is 0 Å². The first-order valence-corrected chi connectivity index (χ1v) is 7.08. The van der Waals surface area contributed by atoms with Gasteiger partial charge in [0.15, 0.2) is 0 Å². The Morgan fingerprint density at radius 2 is 1.88 bits per heavy atom. The van der Waals surface area contributed by atoms with Gasteiger partial charge in [-0.3, -0.25) is 0 Å². The van der Waals surface area contributed by atoms with Crippen LogP contribution in [0.1, 0.15) is 27.6 Å². The summed E-state index contributed by atoms with van der Waals surface area (Å²) in [5.41, 5.74) is 0.361. The van der Waals surface area contributed by atoms with Gasteiger partial charge in [0, 0.05) is 12.2 Å². The number of hydrogen-bond donors (Lipinski definition) is 2. The van der Waals surface area contributed by atoms with Crippen LogP contribution in [-0.4, -0.2) is 24.7 Å². The van der Waals surface area contributed by atoms with Crippen LogP contribution in [0.2, 0.25) is 0 Å². The molecule has 0 saturated carbocycles. The summed E-state index contributed by atoms with van der Waals surface area (Å²) in [6, 6.07) is 10.9. The Morgan fingerprint density at radius 3 is 2.46 bits per heavy atom. The molecule has 24 heavy (non-hydrogen) atoms. The Kier molecular flexibility index (Phi) is 5.46. The van der Waals surface area contributed by atoms with E-state index in [0.717, 1.165) is 12.1 Å². The van der Waals surface area contributed by atoms with E-state index in [1.54, 1.807) is 24.3 Å². The average molecular weight is 339 g/mol. The number of carbonyl (C=O) groups excluding carboxylic acids is 1. The van der Waals surface area contributed by atoms with Crippen LogP contribution in [0.15, 0.2) is 48.5 Å². The molecule has 0 saturated heterocycles. The van der Waals surface area contributed by atoms with Crippen molar-refractivity contribution >= 4 is 11.7 Å². The van der Waals surface area contributed by atoms with Crippen LogP contribution in [-0.2, 0) is 10.9 Å². The Morgan fingerprint density at radius 1 is 1.21 bits per heavy atom. The standard InChI is InChI=1S/C17H16F3NO3/c1-24-16(23)11-5-7-14(8-6-11)21-10-15(22)12-3-2-4-13(9-12)17(18,19)20/h2-9,15,21-22H,10H2,1H3. The SMILES string of the molecule is COC(=O)c1ccc(NCC(O)c2cccc(C(F)(F)F)c2)cc1. The Labute approximate surface area is 136 Å². The van der Waals surface area contributed by atoms with Crippen LogP contribution in [0, 0.1) is 0 Å². The number of aliphatic hydroxyl groups excluding tert-OH is 1. The molecule has 2 aromatic carbocycles. The number of hydrogen-bond acceptors (Lipinski definition) is 4. The second-order valence-electron chi connectivity index (χ2n) is 5.09. The van der Waals surface area contributed by atoms with Crippen molar-refractivity contribution in [1.29, 1.82) is 0 Å². The molecule has 0 amide bonds. The topological polar surface area (TPSA) is 58.6 Å². The molecule has 128 valence electrons. The second kappa shape index (κ2) is 7.35. The molecule has 7 heteroatoms. The van der Waals surface area contributed by atoms with Crippen molar-refractivity contribution < 1.29 is 27.8 Å². The van der Waals surface area contributed by atoms with Gasteiger partial charge in [-0.25, -0.2) is 4.79 Å². The molecule has 4 nitrogen and oxygen atoms in total. The summed E-state index contributed by atoms with van der Waals surface area (Å²) in [6.45, 7) is 0.0267. The highest BCUT2D eigenvalue weighted by atomic mass is 19.4. The maximum atomic E-state index is 12.7. The molecule has 0 fully saturated rings. The summed E-state index contributed by atoms with van der Waals surface area (Å²) in [4.78, 5) is 11.3. The predicted molar refractivity (Wildman–Crippen MR) is 82.7 cm³/mol. The van der Waals surface area contributed by atoms with Crippen molar-refractivity contribution in [2.24, 2.45) is 0 Å². The van der Waals surface area contributed by atoms with Gasteiger partial charge in [-0.1, -0.05) is 12.1 Å². The van der Waals surface area contributed by atoms with Gasteiger partial charge in [0.2, 0.25) is 0 Å². The van der Waals surface area contributed by atoms with E-state index in [1.165, 1.54) is 19.2 Å². The molecule has 0 aliphatic carbocycles. The van der Waals surface area contributed by atoms with E-state index in [-0.39, 0.29) is 12.1 Å². The lowest BCUT2D eigenvalue weighted by Gasteiger charge is -2.15. The third kappa shape index (κ3) is 4.48. The van der Waals surface area contributed by atoms with E-state index in [0.29, 0.717) is 11.3 Å². The van der Waals surface area contributed by atoms with Crippen LogP contribution in [0.3, 0.4) is 0 Å². The van der Waals surface area contributed by atoms with E-state index < -0.39 is 23.8 Å². The van der Waals surface area contributed by atoms with Crippen LogP contribution >= 0.6 is 0 Å². The predicted octanol–water partition coefficient (Wildman–Crippen LogP) is 3.64. The molecule has 0 aliphatic heterocycles. The van der Waals surface area contributed by atoms with Gasteiger partial charge in [0.05, 0.1) is 24.3 Å². The fraction of sp³-hybridized carbons (Fsp3) is 0.235. The minimum Gasteiger partial charge on any atom is -0.465 e. The number of nitrogens with one attached hydrogen (secondary N) is 1. The largest absolute Gasteiger partial charge is 0.465 e. The van der Waals surface area contributed by atoms with E-state index >= 15 is 0 Å². The highest BCUT2D eigenvalue weighted by Gasteiger charge is 2.30. The van der Waals surface area contributed by atoms with E-state index in [1.807, 2.05) is 0 Å². The van der Waals surface area contributed by atoms with Crippen LogP contribution < -0.4 is 5.32 Å². The fourth-order valence-electron chi connectivity index (χ4n) is 2.10. The van der Waals surface area contributed by atoms with Gasteiger partial charge >= 0.3 is 12.1 Å². The minimum absolute atomic E-state index is 0.0267. The molecule has 0 aliphatic rings. The number of anilines is 1. The number of methoxy groups -OCH3 is 1. The number of esters is 1. The lowest BCUT2D eigenvalue weighted by Crippen LogP contribution is -2.13. The fourth-order valence-corrected chi connectivity index (χ4v) is 2.10. The second-order valence-corrected chi connectivity index (χ2v) is 5.09. The quantitative estimate of drug-likeness (QED) is 0.817. The van der Waals surface area contributed by atoms with Crippen LogP contribution in [0.25, 0.3) is 0 Å². The summed E-state index contributed by atoms with van der Waals surface area (Å²) < 4.78 is 42.6. The molecule has 0 bridgehead atoms. The molecule has 2 rings (SSSR count). The zero-order chi connectivity index (χ0) is 17.7. The van der Waals surface area contributed by atoms with Gasteiger partial charge in [-0.2, -0.15) is 13.2 Å². The molecule has 0 aromatic heterocycles. The van der Waals surface area contributed by atoms with Gasteiger partial charge < -0.3 is 15.2 Å². The summed E-state index contributed by atoms with van der Waals surface area (Å²) >= 11 is 0. The summed E-state index contributed by atoms with van der Waals surface area (Å²) in [5, 5.41) is 13.0.